The lowest BCUT2D eigenvalue weighted by Crippen LogP contribution is -2.48. The molecule has 2 aliphatic rings. The zero-order valence-corrected chi connectivity index (χ0v) is 20.3. The Kier molecular flexibility index (Phi) is 7.16. The number of halogens is 3. The quantitative estimate of drug-likeness (QED) is 0.562. The molecule has 0 unspecified atom stereocenters. The molecule has 2 aliphatic heterocycles. The molecular weight excluding hydrogens is 487 g/mol. The molecule has 6 nitrogen and oxygen atoms in total. The largest absolute Gasteiger partial charge is 0.416 e. The van der Waals surface area contributed by atoms with E-state index < -0.39 is 21.8 Å². The van der Waals surface area contributed by atoms with Crippen LogP contribution in [0.4, 0.5) is 18.9 Å². The number of hydrogen-bond donors (Lipinski definition) is 0. The maximum Gasteiger partial charge on any atom is 0.416 e. The molecule has 34 heavy (non-hydrogen) atoms. The molecular formula is C23H26F3N3O3S2. The van der Waals surface area contributed by atoms with Crippen molar-refractivity contribution >= 4 is 33.4 Å². The smallest absolute Gasteiger partial charge is 0.369 e. The van der Waals surface area contributed by atoms with Crippen molar-refractivity contribution in [2.75, 3.05) is 50.4 Å². The number of hydrogen-bond acceptors (Lipinski definition) is 5. The van der Waals surface area contributed by atoms with Crippen molar-refractivity contribution in [2.24, 2.45) is 0 Å². The summed E-state index contributed by atoms with van der Waals surface area (Å²) in [6.07, 6.45) is -0.714. The van der Waals surface area contributed by atoms with Crippen molar-refractivity contribution < 1.29 is 26.4 Å². The molecule has 2 aromatic carbocycles. The van der Waals surface area contributed by atoms with Gasteiger partial charge in [-0.05, 0) is 55.5 Å². The molecule has 0 atom stereocenters. The average Bonchev–Trinajstić information content (AvgIpc) is 3.38. The molecule has 2 heterocycles. The Labute approximate surface area is 201 Å². The fraction of sp³-hybridized carbons (Fsp3) is 0.435. The fourth-order valence-corrected chi connectivity index (χ4v) is 6.34. The van der Waals surface area contributed by atoms with Gasteiger partial charge in [-0.15, -0.1) is 11.8 Å². The molecule has 184 valence electrons. The second-order valence-electron chi connectivity index (χ2n) is 8.30. The Balaban J connectivity index is 1.51. The summed E-state index contributed by atoms with van der Waals surface area (Å²) in [5, 5.41) is 0. The minimum Gasteiger partial charge on any atom is -0.369 e. The summed E-state index contributed by atoms with van der Waals surface area (Å²) in [5.74, 6) is -0.159. The van der Waals surface area contributed by atoms with Gasteiger partial charge in [0.05, 0.1) is 16.0 Å². The second-order valence-corrected chi connectivity index (χ2v) is 11.1. The first kappa shape index (κ1) is 24.9. The van der Waals surface area contributed by atoms with Gasteiger partial charge in [-0.1, -0.05) is 6.07 Å². The Hall–Kier alpha value is -2.24. The predicted molar refractivity (Wildman–Crippen MR) is 126 cm³/mol. The molecule has 4 rings (SSSR count). The van der Waals surface area contributed by atoms with Crippen LogP contribution in [0.2, 0.25) is 0 Å². The number of likely N-dealkylation sites (tertiary alicyclic amines) is 1. The van der Waals surface area contributed by atoms with Crippen LogP contribution in [0.5, 0.6) is 0 Å². The van der Waals surface area contributed by atoms with E-state index in [4.69, 9.17) is 0 Å². The van der Waals surface area contributed by atoms with Gasteiger partial charge >= 0.3 is 6.18 Å². The van der Waals surface area contributed by atoms with Crippen LogP contribution in [0.1, 0.15) is 28.8 Å². The predicted octanol–water partition coefficient (Wildman–Crippen LogP) is 4.17. The Bertz CT molecular complexity index is 1160. The highest BCUT2D eigenvalue weighted by Gasteiger charge is 2.33. The summed E-state index contributed by atoms with van der Waals surface area (Å²) in [4.78, 5) is 17.3. The van der Waals surface area contributed by atoms with Gasteiger partial charge in [-0.2, -0.15) is 17.5 Å². The normalized spacial score (nSPS) is 17.9. The van der Waals surface area contributed by atoms with Crippen molar-refractivity contribution in [1.82, 2.24) is 9.21 Å². The third-order valence-electron chi connectivity index (χ3n) is 6.21. The number of piperazine rings is 1. The summed E-state index contributed by atoms with van der Waals surface area (Å²) in [6, 6.07) is 9.69. The molecule has 2 fully saturated rings. The van der Waals surface area contributed by atoms with Crippen molar-refractivity contribution in [2.45, 2.75) is 28.8 Å². The Morgan fingerprint density at radius 1 is 0.941 bits per heavy atom. The monoisotopic (exact) mass is 513 g/mol. The van der Waals surface area contributed by atoms with E-state index in [9.17, 15) is 26.4 Å². The number of rotatable bonds is 5. The van der Waals surface area contributed by atoms with Crippen LogP contribution in [-0.4, -0.2) is 69.1 Å². The number of amides is 1. The first-order valence-electron chi connectivity index (χ1n) is 11.0. The first-order valence-corrected chi connectivity index (χ1v) is 13.7. The number of alkyl halides is 3. The average molecular weight is 514 g/mol. The third-order valence-corrected chi connectivity index (χ3v) is 8.90. The molecule has 0 radical (unpaired) electrons. The zero-order chi connectivity index (χ0) is 24.5. The van der Waals surface area contributed by atoms with Crippen LogP contribution in [0.3, 0.4) is 0 Å². The van der Waals surface area contributed by atoms with Gasteiger partial charge in [0.2, 0.25) is 10.0 Å². The minimum atomic E-state index is -4.44. The van der Waals surface area contributed by atoms with E-state index in [0.29, 0.717) is 24.3 Å². The van der Waals surface area contributed by atoms with E-state index in [1.54, 1.807) is 21.9 Å². The maximum atomic E-state index is 13.3. The van der Waals surface area contributed by atoms with E-state index in [1.165, 1.54) is 34.3 Å². The number of sulfonamides is 1. The number of carbonyl (C=O) groups excluding carboxylic acids is 1. The fourth-order valence-electron chi connectivity index (χ4n) is 4.32. The molecule has 0 saturated carbocycles. The van der Waals surface area contributed by atoms with Gasteiger partial charge < -0.3 is 9.80 Å². The van der Waals surface area contributed by atoms with Gasteiger partial charge in [0, 0.05) is 49.9 Å². The molecule has 0 bridgehead atoms. The van der Waals surface area contributed by atoms with E-state index in [2.05, 4.69) is 0 Å². The summed E-state index contributed by atoms with van der Waals surface area (Å²) < 4.78 is 67.2. The van der Waals surface area contributed by atoms with E-state index in [1.807, 2.05) is 6.26 Å². The summed E-state index contributed by atoms with van der Waals surface area (Å²) in [6.45, 7) is 2.14. The van der Waals surface area contributed by atoms with Crippen LogP contribution >= 0.6 is 11.8 Å². The van der Waals surface area contributed by atoms with Crippen molar-refractivity contribution in [1.29, 1.82) is 0 Å². The van der Waals surface area contributed by atoms with E-state index >= 15 is 0 Å². The van der Waals surface area contributed by atoms with E-state index in [0.717, 1.165) is 29.9 Å². The van der Waals surface area contributed by atoms with Crippen LogP contribution in [0.25, 0.3) is 0 Å². The highest BCUT2D eigenvalue weighted by atomic mass is 32.2. The van der Waals surface area contributed by atoms with Crippen LogP contribution in [-0.2, 0) is 16.2 Å². The Morgan fingerprint density at radius 2 is 1.62 bits per heavy atom. The Morgan fingerprint density at radius 3 is 2.24 bits per heavy atom. The number of anilines is 1. The standard InChI is InChI=1S/C23H26F3N3O3S2/c1-33-21-8-7-19(16-20(21)22(30)28-9-2-3-10-28)34(31,32)29-13-11-27(12-14-29)18-6-4-5-17(15-18)23(24,25)26/h4-8,15-16H,2-3,9-14H2,1H3. The molecule has 11 heteroatoms. The van der Waals surface area contributed by atoms with Crippen LogP contribution in [0, 0.1) is 0 Å². The third kappa shape index (κ3) is 5.06. The highest BCUT2D eigenvalue weighted by Crippen LogP contribution is 2.32. The van der Waals surface area contributed by atoms with Crippen molar-refractivity contribution in [3.8, 4) is 0 Å². The number of thioether (sulfide) groups is 1. The second kappa shape index (κ2) is 9.79. The molecule has 2 saturated heterocycles. The molecule has 0 aromatic heterocycles. The van der Waals surface area contributed by atoms with Crippen molar-refractivity contribution in [3.63, 3.8) is 0 Å². The van der Waals surface area contributed by atoms with Gasteiger partial charge in [0.25, 0.3) is 5.91 Å². The number of carbonyl (C=O) groups is 1. The molecule has 2 aromatic rings. The lowest BCUT2D eigenvalue weighted by Gasteiger charge is -2.35. The first-order chi connectivity index (χ1) is 16.1. The lowest BCUT2D eigenvalue weighted by atomic mass is 10.1. The van der Waals surface area contributed by atoms with Crippen LogP contribution < -0.4 is 4.90 Å². The summed E-state index contributed by atoms with van der Waals surface area (Å²) >= 11 is 1.40. The molecule has 0 N–H and O–H groups in total. The van der Waals surface area contributed by atoms with Gasteiger partial charge in [-0.25, -0.2) is 8.42 Å². The highest BCUT2D eigenvalue weighted by molar-refractivity contribution is 7.98. The topological polar surface area (TPSA) is 60.9 Å². The van der Waals surface area contributed by atoms with E-state index in [-0.39, 0.29) is 37.0 Å². The van der Waals surface area contributed by atoms with Gasteiger partial charge in [0.15, 0.2) is 0 Å². The van der Waals surface area contributed by atoms with Gasteiger partial charge in [-0.3, -0.25) is 4.79 Å². The maximum absolute atomic E-state index is 13.3. The van der Waals surface area contributed by atoms with Crippen LogP contribution in [0.15, 0.2) is 52.3 Å². The molecule has 1 amide bonds. The molecule has 0 spiro atoms. The van der Waals surface area contributed by atoms with Crippen molar-refractivity contribution in [3.05, 3.63) is 53.6 Å². The minimum absolute atomic E-state index is 0.0559. The SMILES string of the molecule is CSc1ccc(S(=O)(=O)N2CCN(c3cccc(C(F)(F)F)c3)CC2)cc1C(=O)N1CCCC1. The summed E-state index contributed by atoms with van der Waals surface area (Å²) in [7, 11) is -3.86. The number of benzene rings is 2. The number of nitrogens with zero attached hydrogens (tertiary/aromatic N) is 3. The zero-order valence-electron chi connectivity index (χ0n) is 18.7. The summed E-state index contributed by atoms with van der Waals surface area (Å²) in [5.41, 5.74) is 0.0666. The van der Waals surface area contributed by atoms with Gasteiger partial charge in [0.1, 0.15) is 0 Å². The lowest BCUT2D eigenvalue weighted by molar-refractivity contribution is -0.137. The molecule has 0 aliphatic carbocycles.